The monoisotopic (exact) mass is 1050 g/mol. The van der Waals surface area contributed by atoms with Crippen LogP contribution in [-0.4, -0.2) is 36.4 Å². The van der Waals surface area contributed by atoms with Crippen LogP contribution in [0.3, 0.4) is 0 Å². The zero-order valence-electron chi connectivity index (χ0n) is 49.5. The Labute approximate surface area is 470 Å². The second kappa shape index (κ2) is 65.3. The molecule has 1 atom stereocenters. The number of aliphatic hydroxyl groups excluding tert-OH is 1. The second-order valence-electron chi connectivity index (χ2n) is 20.8. The van der Waals surface area contributed by atoms with E-state index in [0.29, 0.717) is 12.8 Å². The third kappa shape index (κ3) is 62.6. The minimum Gasteiger partial charge on any atom is -0.462 e. The van der Waals surface area contributed by atoms with E-state index < -0.39 is 6.10 Å². The summed E-state index contributed by atoms with van der Waals surface area (Å²) in [5, 5.41) is 9.68. The predicted molar refractivity (Wildman–Crippen MR) is 334 cm³/mol. The van der Waals surface area contributed by atoms with Crippen LogP contribution in [0.5, 0.6) is 0 Å². The highest BCUT2D eigenvalue weighted by Crippen LogP contribution is 2.16. The van der Waals surface area contributed by atoms with Gasteiger partial charge in [-0.1, -0.05) is 289 Å². The fourth-order valence-electron chi connectivity index (χ4n) is 8.70. The number of hydrogen-bond acceptors (Lipinski definition) is 5. The molecule has 0 amide bonds. The molecule has 0 aliphatic carbocycles. The molecule has 0 bridgehead atoms. The maximum absolute atomic E-state index is 12.3. The van der Waals surface area contributed by atoms with Gasteiger partial charge in [-0.25, -0.2) is 0 Å². The molecular weight excluding hydrogens is 933 g/mol. The molecule has 0 saturated heterocycles. The summed E-state index contributed by atoms with van der Waals surface area (Å²) in [7, 11) is 0. The van der Waals surface area contributed by atoms with Crippen molar-refractivity contribution >= 4 is 11.9 Å². The van der Waals surface area contributed by atoms with Gasteiger partial charge in [-0.05, 0) is 116 Å². The number of allylic oxidation sites excluding steroid dienone is 22. The fraction of sp³-hybridized carbons (Fsp3) is 0.662. The molecule has 0 spiro atoms. The average molecular weight is 1050 g/mol. The molecule has 0 aliphatic rings. The lowest BCUT2D eigenvalue weighted by molar-refractivity contribution is -0.161. The molecule has 0 aromatic carbocycles. The molecule has 0 saturated carbocycles. The Morgan fingerprint density at radius 2 is 0.566 bits per heavy atom. The Balaban J connectivity index is 3.55. The lowest BCUT2D eigenvalue weighted by Crippen LogP contribution is -2.28. The summed E-state index contributed by atoms with van der Waals surface area (Å²) in [5.41, 5.74) is 0. The Hall–Kier alpha value is -3.96. The summed E-state index contributed by atoms with van der Waals surface area (Å²) in [6.45, 7) is 4.01. The quantitative estimate of drug-likeness (QED) is 0.0373. The van der Waals surface area contributed by atoms with Crippen LogP contribution in [0, 0.1) is 0 Å². The highest BCUT2D eigenvalue weighted by molar-refractivity contribution is 5.70. The fourth-order valence-corrected chi connectivity index (χ4v) is 8.70. The summed E-state index contributed by atoms with van der Waals surface area (Å²) < 4.78 is 10.7. The number of aliphatic hydroxyl groups is 1. The molecule has 0 radical (unpaired) electrons. The number of rotatable bonds is 57. The average Bonchev–Trinajstić information content (AvgIpc) is 3.42. The topological polar surface area (TPSA) is 72.8 Å². The van der Waals surface area contributed by atoms with Crippen LogP contribution in [0.4, 0.5) is 0 Å². The van der Waals surface area contributed by atoms with Gasteiger partial charge in [0.2, 0.25) is 0 Å². The van der Waals surface area contributed by atoms with E-state index in [9.17, 15) is 14.7 Å². The predicted octanol–water partition coefficient (Wildman–Crippen LogP) is 22.0. The highest BCUT2D eigenvalue weighted by atomic mass is 16.6. The molecule has 5 heteroatoms. The Morgan fingerprint density at radius 1 is 0.316 bits per heavy atom. The van der Waals surface area contributed by atoms with E-state index in [4.69, 9.17) is 9.47 Å². The lowest BCUT2D eigenvalue weighted by atomic mass is 10.0. The van der Waals surface area contributed by atoms with Gasteiger partial charge < -0.3 is 14.6 Å². The van der Waals surface area contributed by atoms with Crippen LogP contribution in [-0.2, 0) is 19.1 Å². The molecule has 0 aromatic rings. The molecule has 0 aromatic heterocycles. The Bertz CT molecular complexity index is 1570. The normalized spacial score (nSPS) is 13.1. The maximum Gasteiger partial charge on any atom is 0.306 e. The van der Waals surface area contributed by atoms with E-state index in [0.717, 1.165) is 109 Å². The standard InChI is InChI=1S/C71H118O5/c1-3-5-7-9-11-13-15-17-19-21-23-25-27-29-31-33-35-37-39-41-43-45-47-49-51-53-55-57-59-61-63-65-70(73)75-68-69(67-72)76-71(74)66-64-62-60-58-56-54-52-50-48-46-44-42-40-38-36-34-32-30-28-26-24-22-20-18-16-14-12-10-8-6-4-2/h6,8,12,14-15,17-18,20-21,23-24,26-27,29-30,32,36,38,42,44,48,50,69,72H,3-5,7,9-11,13,16,19,22,25,28,31,33-35,37,39-41,43,45-47,49,51-68H2,1-2H3/b8-6-,14-12-,17-15-,20-18-,23-21-,26-24-,29-27-,32-30-,38-36-,44-42-,50-48-. The van der Waals surface area contributed by atoms with E-state index in [2.05, 4.69) is 148 Å². The minimum absolute atomic E-state index is 0.0784. The molecule has 0 rings (SSSR count). The van der Waals surface area contributed by atoms with Gasteiger partial charge in [-0.3, -0.25) is 9.59 Å². The zero-order chi connectivity index (χ0) is 54.8. The van der Waals surface area contributed by atoms with E-state index in [1.165, 1.54) is 148 Å². The summed E-state index contributed by atoms with van der Waals surface area (Å²) in [4.78, 5) is 24.6. The SMILES string of the molecule is CC/C=C\C/C=C\C/C=C\C/C=C\C/C=C\C/C=C\C/C=C\C/C=C\CCCCCCCCC(=O)OC(CO)COC(=O)CCCCCCCCCCCCCCCCCC/C=C\C/C=C\C/C=C\CCCCCCC. The number of carbonyl (C=O) groups excluding carboxylic acids is 2. The van der Waals surface area contributed by atoms with Crippen LogP contribution in [0.15, 0.2) is 134 Å². The summed E-state index contributed by atoms with van der Waals surface area (Å²) in [6.07, 6.45) is 97.3. The zero-order valence-corrected chi connectivity index (χ0v) is 49.5. The number of unbranched alkanes of at least 4 members (excludes halogenated alkanes) is 27. The first-order valence-electron chi connectivity index (χ1n) is 31.7. The number of esters is 2. The maximum atomic E-state index is 12.3. The van der Waals surface area contributed by atoms with Crippen molar-refractivity contribution < 1.29 is 24.2 Å². The molecule has 0 heterocycles. The van der Waals surface area contributed by atoms with Gasteiger partial charge >= 0.3 is 11.9 Å². The van der Waals surface area contributed by atoms with Gasteiger partial charge in [-0.2, -0.15) is 0 Å². The van der Waals surface area contributed by atoms with Crippen LogP contribution in [0.25, 0.3) is 0 Å². The molecule has 1 N–H and O–H groups in total. The van der Waals surface area contributed by atoms with E-state index in [1.54, 1.807) is 0 Å². The second-order valence-corrected chi connectivity index (χ2v) is 20.8. The van der Waals surface area contributed by atoms with Gasteiger partial charge in [0.25, 0.3) is 0 Å². The first-order valence-corrected chi connectivity index (χ1v) is 31.7. The molecular formula is C71H118O5. The molecule has 0 aliphatic heterocycles. The number of carbonyl (C=O) groups is 2. The molecule has 5 nitrogen and oxygen atoms in total. The third-order valence-electron chi connectivity index (χ3n) is 13.4. The van der Waals surface area contributed by atoms with Crippen molar-refractivity contribution in [1.29, 1.82) is 0 Å². The van der Waals surface area contributed by atoms with Crippen LogP contribution in [0.1, 0.15) is 284 Å². The first-order chi connectivity index (χ1) is 37.6. The van der Waals surface area contributed by atoms with E-state index in [-0.39, 0.29) is 25.2 Å². The highest BCUT2D eigenvalue weighted by Gasteiger charge is 2.16. The van der Waals surface area contributed by atoms with Crippen molar-refractivity contribution in [2.75, 3.05) is 13.2 Å². The first kappa shape index (κ1) is 72.0. The Kier molecular flexibility index (Phi) is 61.9. The molecule has 0 fully saturated rings. The smallest absolute Gasteiger partial charge is 0.306 e. The Morgan fingerprint density at radius 3 is 0.855 bits per heavy atom. The van der Waals surface area contributed by atoms with Gasteiger partial charge in [-0.15, -0.1) is 0 Å². The van der Waals surface area contributed by atoms with Crippen molar-refractivity contribution in [3.05, 3.63) is 134 Å². The van der Waals surface area contributed by atoms with Crippen LogP contribution >= 0.6 is 0 Å². The lowest BCUT2D eigenvalue weighted by Gasteiger charge is -2.15. The van der Waals surface area contributed by atoms with Crippen molar-refractivity contribution in [3.8, 4) is 0 Å². The van der Waals surface area contributed by atoms with Gasteiger partial charge in [0.15, 0.2) is 6.10 Å². The molecule has 76 heavy (non-hydrogen) atoms. The van der Waals surface area contributed by atoms with Crippen molar-refractivity contribution in [2.24, 2.45) is 0 Å². The van der Waals surface area contributed by atoms with Crippen LogP contribution in [0.2, 0.25) is 0 Å². The third-order valence-corrected chi connectivity index (χ3v) is 13.4. The van der Waals surface area contributed by atoms with Crippen molar-refractivity contribution in [3.63, 3.8) is 0 Å². The van der Waals surface area contributed by atoms with Crippen molar-refractivity contribution in [1.82, 2.24) is 0 Å². The summed E-state index contributed by atoms with van der Waals surface area (Å²) in [5.74, 6) is -0.609. The van der Waals surface area contributed by atoms with Crippen molar-refractivity contribution in [2.45, 2.75) is 290 Å². The van der Waals surface area contributed by atoms with Gasteiger partial charge in [0.1, 0.15) is 6.61 Å². The van der Waals surface area contributed by atoms with Gasteiger partial charge in [0.05, 0.1) is 6.61 Å². The largest absolute Gasteiger partial charge is 0.462 e. The van der Waals surface area contributed by atoms with Gasteiger partial charge in [0, 0.05) is 12.8 Å². The number of hydrogen-bond donors (Lipinski definition) is 1. The van der Waals surface area contributed by atoms with E-state index >= 15 is 0 Å². The summed E-state index contributed by atoms with van der Waals surface area (Å²) in [6, 6.07) is 0. The molecule has 1 unspecified atom stereocenters. The minimum atomic E-state index is -0.791. The van der Waals surface area contributed by atoms with Crippen LogP contribution < -0.4 is 0 Å². The molecule has 432 valence electrons. The number of ether oxygens (including phenoxy) is 2. The summed E-state index contributed by atoms with van der Waals surface area (Å²) >= 11 is 0. The van der Waals surface area contributed by atoms with E-state index in [1.807, 2.05) is 0 Å².